The molecule has 4 nitrogen and oxygen atoms in total. The number of ether oxygens (including phenoxy) is 1. The Balaban J connectivity index is 2.17. The van der Waals surface area contributed by atoms with Gasteiger partial charge in [0.2, 0.25) is 0 Å². The normalized spacial score (nSPS) is 14.8. The second-order valence-corrected chi connectivity index (χ2v) is 5.64. The SMILES string of the molecule is COc1ccccc1-c1nc(C2CC2)n(C(C)C)c1N. The number of imidazole rings is 1. The highest BCUT2D eigenvalue weighted by Gasteiger charge is 2.32. The summed E-state index contributed by atoms with van der Waals surface area (Å²) in [5.74, 6) is 3.25. The van der Waals surface area contributed by atoms with Crippen molar-refractivity contribution in [2.24, 2.45) is 0 Å². The van der Waals surface area contributed by atoms with E-state index < -0.39 is 0 Å². The molecule has 20 heavy (non-hydrogen) atoms. The monoisotopic (exact) mass is 271 g/mol. The zero-order chi connectivity index (χ0) is 14.3. The maximum atomic E-state index is 6.37. The molecule has 0 bridgehead atoms. The predicted molar refractivity (Wildman–Crippen MR) is 81.0 cm³/mol. The van der Waals surface area contributed by atoms with Crippen LogP contribution < -0.4 is 10.5 Å². The van der Waals surface area contributed by atoms with Crippen LogP contribution >= 0.6 is 0 Å². The Morgan fingerprint density at radius 3 is 2.60 bits per heavy atom. The minimum Gasteiger partial charge on any atom is -0.496 e. The Morgan fingerprint density at radius 1 is 1.30 bits per heavy atom. The third-order valence-corrected chi connectivity index (χ3v) is 3.80. The highest BCUT2D eigenvalue weighted by Crippen LogP contribution is 2.44. The molecular weight excluding hydrogens is 250 g/mol. The molecule has 0 spiro atoms. The first-order valence-corrected chi connectivity index (χ1v) is 7.14. The molecule has 1 fully saturated rings. The molecule has 1 aliphatic rings. The zero-order valence-corrected chi connectivity index (χ0v) is 12.3. The molecule has 4 heteroatoms. The van der Waals surface area contributed by atoms with Gasteiger partial charge in [-0.2, -0.15) is 0 Å². The lowest BCUT2D eigenvalue weighted by Crippen LogP contribution is -2.08. The number of hydrogen-bond donors (Lipinski definition) is 1. The Kier molecular flexibility index (Phi) is 3.16. The van der Waals surface area contributed by atoms with Crippen LogP contribution in [-0.4, -0.2) is 16.7 Å². The molecule has 106 valence electrons. The number of rotatable bonds is 4. The summed E-state index contributed by atoms with van der Waals surface area (Å²) in [6, 6.07) is 8.22. The number of hydrogen-bond acceptors (Lipinski definition) is 3. The highest BCUT2D eigenvalue weighted by atomic mass is 16.5. The largest absolute Gasteiger partial charge is 0.496 e. The average Bonchev–Trinajstić information content (AvgIpc) is 3.22. The van der Waals surface area contributed by atoms with Gasteiger partial charge < -0.3 is 15.0 Å². The highest BCUT2D eigenvalue weighted by molar-refractivity contribution is 5.76. The number of methoxy groups -OCH3 is 1. The van der Waals surface area contributed by atoms with Crippen LogP contribution in [0.4, 0.5) is 5.82 Å². The molecule has 1 saturated carbocycles. The molecule has 1 aliphatic carbocycles. The van der Waals surface area contributed by atoms with Gasteiger partial charge in [-0.25, -0.2) is 4.98 Å². The summed E-state index contributed by atoms with van der Waals surface area (Å²) in [6.07, 6.45) is 2.43. The second kappa shape index (κ2) is 4.85. The number of benzene rings is 1. The van der Waals surface area contributed by atoms with Crippen LogP contribution in [0, 0.1) is 0 Å². The smallest absolute Gasteiger partial charge is 0.132 e. The Bertz CT molecular complexity index is 627. The van der Waals surface area contributed by atoms with Gasteiger partial charge in [0.05, 0.1) is 7.11 Å². The lowest BCUT2D eigenvalue weighted by Gasteiger charge is -2.13. The molecule has 0 atom stereocenters. The summed E-state index contributed by atoms with van der Waals surface area (Å²) in [7, 11) is 1.68. The number of nitrogen functional groups attached to an aromatic ring is 1. The van der Waals surface area contributed by atoms with Crippen LogP contribution in [0.2, 0.25) is 0 Å². The fraction of sp³-hybridized carbons (Fsp3) is 0.438. The quantitative estimate of drug-likeness (QED) is 0.924. The number of nitrogens with zero attached hydrogens (tertiary/aromatic N) is 2. The molecule has 0 amide bonds. The van der Waals surface area contributed by atoms with Crippen LogP contribution in [0.15, 0.2) is 24.3 Å². The van der Waals surface area contributed by atoms with Gasteiger partial charge in [-0.3, -0.25) is 0 Å². The Morgan fingerprint density at radius 2 is 2.00 bits per heavy atom. The summed E-state index contributed by atoms with van der Waals surface area (Å²) in [4.78, 5) is 4.83. The van der Waals surface area contributed by atoms with Crippen molar-refractivity contribution in [3.05, 3.63) is 30.1 Å². The second-order valence-electron chi connectivity index (χ2n) is 5.64. The van der Waals surface area contributed by atoms with E-state index in [1.807, 2.05) is 24.3 Å². The summed E-state index contributed by atoms with van der Waals surface area (Å²) in [6.45, 7) is 4.30. The van der Waals surface area contributed by atoms with E-state index >= 15 is 0 Å². The van der Waals surface area contributed by atoms with Crippen molar-refractivity contribution in [3.63, 3.8) is 0 Å². The van der Waals surface area contributed by atoms with E-state index in [2.05, 4.69) is 18.4 Å². The van der Waals surface area contributed by atoms with Gasteiger partial charge in [0.25, 0.3) is 0 Å². The van der Waals surface area contributed by atoms with Gasteiger partial charge in [0, 0.05) is 17.5 Å². The molecular formula is C16H21N3O. The Labute approximate surface area is 119 Å². The minimum atomic E-state index is 0.321. The number of anilines is 1. The molecule has 0 unspecified atom stereocenters. The van der Waals surface area contributed by atoms with Crippen molar-refractivity contribution in [2.45, 2.75) is 38.6 Å². The van der Waals surface area contributed by atoms with Crippen molar-refractivity contribution in [3.8, 4) is 17.0 Å². The molecule has 0 aliphatic heterocycles. The summed E-state index contributed by atoms with van der Waals surface area (Å²) in [5, 5.41) is 0. The first-order chi connectivity index (χ1) is 9.63. The summed E-state index contributed by atoms with van der Waals surface area (Å²) < 4.78 is 7.60. The lowest BCUT2D eigenvalue weighted by atomic mass is 10.1. The molecule has 2 N–H and O–H groups in total. The standard InChI is InChI=1S/C16H21N3O/c1-10(2)19-15(17)14(18-16(19)11-8-9-11)12-6-4-5-7-13(12)20-3/h4-7,10-11H,8-9,17H2,1-3H3. The van der Waals surface area contributed by atoms with E-state index in [4.69, 9.17) is 15.5 Å². The molecule has 3 rings (SSSR count). The van der Waals surface area contributed by atoms with Crippen LogP contribution in [0.1, 0.15) is 44.5 Å². The molecule has 1 aromatic carbocycles. The predicted octanol–water partition coefficient (Wildman–Crippen LogP) is 3.60. The van der Waals surface area contributed by atoms with Crippen molar-refractivity contribution >= 4 is 5.82 Å². The van der Waals surface area contributed by atoms with Crippen molar-refractivity contribution in [1.29, 1.82) is 0 Å². The topological polar surface area (TPSA) is 53.1 Å². The maximum absolute atomic E-state index is 6.37. The van der Waals surface area contributed by atoms with Crippen LogP contribution in [-0.2, 0) is 0 Å². The van der Waals surface area contributed by atoms with Gasteiger partial charge in [-0.1, -0.05) is 12.1 Å². The van der Waals surface area contributed by atoms with Gasteiger partial charge in [-0.15, -0.1) is 0 Å². The van der Waals surface area contributed by atoms with Gasteiger partial charge in [0.15, 0.2) is 0 Å². The van der Waals surface area contributed by atoms with Crippen LogP contribution in [0.3, 0.4) is 0 Å². The van der Waals surface area contributed by atoms with Crippen molar-refractivity contribution in [2.75, 3.05) is 12.8 Å². The number of nitrogens with two attached hydrogens (primary N) is 1. The average molecular weight is 271 g/mol. The fourth-order valence-electron chi connectivity index (χ4n) is 2.67. The fourth-order valence-corrected chi connectivity index (χ4v) is 2.67. The minimum absolute atomic E-state index is 0.321. The van der Waals surface area contributed by atoms with E-state index in [0.717, 1.165) is 28.6 Å². The van der Waals surface area contributed by atoms with Crippen LogP contribution in [0.5, 0.6) is 5.75 Å². The third-order valence-electron chi connectivity index (χ3n) is 3.80. The summed E-state index contributed by atoms with van der Waals surface area (Å²) in [5.41, 5.74) is 8.18. The van der Waals surface area contributed by atoms with Gasteiger partial charge in [-0.05, 0) is 38.8 Å². The number of aromatic nitrogens is 2. The van der Waals surface area contributed by atoms with E-state index in [9.17, 15) is 0 Å². The van der Waals surface area contributed by atoms with E-state index in [-0.39, 0.29) is 0 Å². The first-order valence-electron chi connectivity index (χ1n) is 7.14. The van der Waals surface area contributed by atoms with Gasteiger partial charge >= 0.3 is 0 Å². The van der Waals surface area contributed by atoms with Gasteiger partial charge in [0.1, 0.15) is 23.1 Å². The summed E-state index contributed by atoms with van der Waals surface area (Å²) >= 11 is 0. The molecule has 0 radical (unpaired) electrons. The Hall–Kier alpha value is -1.97. The zero-order valence-electron chi connectivity index (χ0n) is 12.3. The third kappa shape index (κ3) is 2.05. The molecule has 2 aromatic rings. The number of para-hydroxylation sites is 1. The maximum Gasteiger partial charge on any atom is 0.132 e. The van der Waals surface area contributed by atoms with Crippen LogP contribution in [0.25, 0.3) is 11.3 Å². The molecule has 1 heterocycles. The molecule has 0 saturated heterocycles. The van der Waals surface area contributed by atoms with E-state index in [1.54, 1.807) is 7.11 Å². The first kappa shape index (κ1) is 13.0. The van der Waals surface area contributed by atoms with Crippen molar-refractivity contribution in [1.82, 2.24) is 9.55 Å². The van der Waals surface area contributed by atoms with E-state index in [0.29, 0.717) is 12.0 Å². The lowest BCUT2D eigenvalue weighted by molar-refractivity contribution is 0.416. The van der Waals surface area contributed by atoms with E-state index in [1.165, 1.54) is 12.8 Å². The van der Waals surface area contributed by atoms with Crippen molar-refractivity contribution < 1.29 is 4.74 Å². The molecule has 1 aromatic heterocycles.